The molecule has 0 bridgehead atoms. The van der Waals surface area contributed by atoms with E-state index in [0.29, 0.717) is 6.41 Å². The van der Waals surface area contributed by atoms with Gasteiger partial charge in [0, 0.05) is 6.04 Å². The zero-order chi connectivity index (χ0) is 11.6. The lowest BCUT2D eigenvalue weighted by atomic mass is 10.1. The first-order valence-electron chi connectivity index (χ1n) is 5.76. The monoisotopic (exact) mass is 246 g/mol. The van der Waals surface area contributed by atoms with Gasteiger partial charge < -0.3 is 5.32 Å². The van der Waals surface area contributed by atoms with E-state index in [1.54, 1.807) is 0 Å². The molecule has 0 aromatic heterocycles. The first kappa shape index (κ1) is 11.9. The molecule has 0 aromatic carbocycles. The Bertz CT molecular complexity index is 349. The smallest absolute Gasteiger partial charge is 0.207 e. The number of nitrogens with zero attached hydrogens (tertiary/aromatic N) is 1. The summed E-state index contributed by atoms with van der Waals surface area (Å²) in [5, 5.41) is 2.65. The third kappa shape index (κ3) is 2.55. The van der Waals surface area contributed by atoms with E-state index in [0.717, 1.165) is 25.9 Å². The Hall–Kier alpha value is -0.620. The van der Waals surface area contributed by atoms with Gasteiger partial charge in [-0.15, -0.1) is 0 Å². The Morgan fingerprint density at radius 1 is 1.12 bits per heavy atom. The Balaban J connectivity index is 2.07. The third-order valence-corrected chi connectivity index (χ3v) is 5.18. The Morgan fingerprint density at radius 2 is 1.81 bits per heavy atom. The highest BCUT2D eigenvalue weighted by molar-refractivity contribution is 7.91. The van der Waals surface area contributed by atoms with Crippen LogP contribution in [0, 0.1) is 0 Å². The van der Waals surface area contributed by atoms with Crippen molar-refractivity contribution in [1.82, 2.24) is 10.2 Å². The van der Waals surface area contributed by atoms with Crippen molar-refractivity contribution in [1.29, 1.82) is 0 Å². The van der Waals surface area contributed by atoms with Gasteiger partial charge in [0.15, 0.2) is 9.84 Å². The van der Waals surface area contributed by atoms with Crippen LogP contribution in [-0.4, -0.2) is 56.4 Å². The molecule has 2 unspecified atom stereocenters. The van der Waals surface area contributed by atoms with Crippen LogP contribution >= 0.6 is 0 Å². The largest absolute Gasteiger partial charge is 0.353 e. The lowest BCUT2D eigenvalue weighted by molar-refractivity contribution is -0.110. The number of carbonyl (C=O) groups excluding carboxylic acids is 1. The molecule has 92 valence electrons. The molecule has 0 aromatic rings. The second-order valence-corrected chi connectivity index (χ2v) is 6.79. The summed E-state index contributed by atoms with van der Waals surface area (Å²) in [5.74, 6) is 0.283. The van der Waals surface area contributed by atoms with Gasteiger partial charge in [0.25, 0.3) is 0 Å². The van der Waals surface area contributed by atoms with Crippen LogP contribution in [0.1, 0.15) is 19.3 Å². The Kier molecular flexibility index (Phi) is 3.49. The topological polar surface area (TPSA) is 66.5 Å². The lowest BCUT2D eigenvalue weighted by Gasteiger charge is -2.34. The van der Waals surface area contributed by atoms with E-state index in [1.807, 2.05) is 0 Å². The van der Waals surface area contributed by atoms with Crippen LogP contribution in [0.4, 0.5) is 0 Å². The third-order valence-electron chi connectivity index (χ3n) is 3.46. The lowest BCUT2D eigenvalue weighted by Crippen LogP contribution is -2.50. The standard InChI is InChI=1S/C10H18N2O3S/c13-8-11-9-6-16(14,15)7-10(9)12-4-2-1-3-5-12/h8-10H,1-7H2,(H,11,13). The van der Waals surface area contributed by atoms with E-state index in [1.165, 1.54) is 6.42 Å². The van der Waals surface area contributed by atoms with E-state index >= 15 is 0 Å². The van der Waals surface area contributed by atoms with Crippen LogP contribution in [0.3, 0.4) is 0 Å². The Labute approximate surface area is 96.1 Å². The predicted octanol–water partition coefficient (Wildman–Crippen LogP) is -0.616. The number of hydrogen-bond acceptors (Lipinski definition) is 4. The van der Waals surface area contributed by atoms with Crippen molar-refractivity contribution in [2.45, 2.75) is 31.3 Å². The SMILES string of the molecule is O=CNC1CS(=O)(=O)CC1N1CCCCC1. The average molecular weight is 246 g/mol. The molecule has 0 aliphatic carbocycles. The van der Waals surface area contributed by atoms with Gasteiger partial charge in [-0.3, -0.25) is 9.69 Å². The molecule has 5 nitrogen and oxygen atoms in total. The highest BCUT2D eigenvalue weighted by atomic mass is 32.2. The first-order valence-corrected chi connectivity index (χ1v) is 7.59. The zero-order valence-corrected chi connectivity index (χ0v) is 10.1. The maximum absolute atomic E-state index is 11.6. The zero-order valence-electron chi connectivity index (χ0n) is 9.26. The molecule has 2 saturated heterocycles. The highest BCUT2D eigenvalue weighted by Gasteiger charge is 2.40. The maximum atomic E-state index is 11.6. The van der Waals surface area contributed by atoms with Gasteiger partial charge in [-0.05, 0) is 25.9 Å². The average Bonchev–Trinajstić information content (AvgIpc) is 2.56. The summed E-state index contributed by atoms with van der Waals surface area (Å²) < 4.78 is 23.2. The van der Waals surface area contributed by atoms with Crippen LogP contribution in [0.5, 0.6) is 0 Å². The van der Waals surface area contributed by atoms with E-state index < -0.39 is 9.84 Å². The number of sulfone groups is 1. The molecular formula is C10H18N2O3S. The van der Waals surface area contributed by atoms with Gasteiger partial charge in [0.2, 0.25) is 6.41 Å². The minimum Gasteiger partial charge on any atom is -0.353 e. The summed E-state index contributed by atoms with van der Waals surface area (Å²) in [6, 6.07) is -0.240. The van der Waals surface area contributed by atoms with E-state index in [9.17, 15) is 13.2 Å². The van der Waals surface area contributed by atoms with Crippen molar-refractivity contribution in [3.63, 3.8) is 0 Å². The quantitative estimate of drug-likeness (QED) is 0.674. The minimum atomic E-state index is -2.98. The van der Waals surface area contributed by atoms with Crippen LogP contribution in [-0.2, 0) is 14.6 Å². The first-order chi connectivity index (χ1) is 7.62. The second kappa shape index (κ2) is 4.71. The van der Waals surface area contributed by atoms with Crippen LogP contribution in [0.25, 0.3) is 0 Å². The number of carbonyl (C=O) groups is 1. The summed E-state index contributed by atoms with van der Waals surface area (Å²) in [6.45, 7) is 1.91. The van der Waals surface area contributed by atoms with Crippen molar-refractivity contribution >= 4 is 16.2 Å². The number of nitrogens with one attached hydrogen (secondary N) is 1. The molecule has 0 saturated carbocycles. The van der Waals surface area contributed by atoms with Crippen LogP contribution in [0.15, 0.2) is 0 Å². The summed E-state index contributed by atoms with van der Waals surface area (Å²) in [7, 11) is -2.98. The number of rotatable bonds is 3. The molecule has 6 heteroatoms. The molecular weight excluding hydrogens is 228 g/mol. The molecule has 2 fully saturated rings. The molecule has 2 aliphatic rings. The molecule has 2 rings (SSSR count). The van der Waals surface area contributed by atoms with Gasteiger partial charge >= 0.3 is 0 Å². The fourth-order valence-electron chi connectivity index (χ4n) is 2.69. The van der Waals surface area contributed by atoms with Crippen molar-refractivity contribution < 1.29 is 13.2 Å². The Morgan fingerprint density at radius 3 is 2.44 bits per heavy atom. The van der Waals surface area contributed by atoms with Gasteiger partial charge in [-0.2, -0.15) is 0 Å². The second-order valence-electron chi connectivity index (χ2n) is 4.63. The van der Waals surface area contributed by atoms with Gasteiger partial charge in [-0.1, -0.05) is 6.42 Å². The minimum absolute atomic E-state index is 0.0181. The fraction of sp³-hybridized carbons (Fsp3) is 0.900. The molecule has 1 N–H and O–H groups in total. The number of piperidine rings is 1. The summed E-state index contributed by atoms with van der Waals surface area (Å²) in [4.78, 5) is 12.7. The summed E-state index contributed by atoms with van der Waals surface area (Å²) >= 11 is 0. The molecule has 1 amide bonds. The number of likely N-dealkylation sites (tertiary alicyclic amines) is 1. The molecule has 0 radical (unpaired) electrons. The van der Waals surface area contributed by atoms with E-state index in [4.69, 9.17) is 0 Å². The van der Waals surface area contributed by atoms with Crippen LogP contribution < -0.4 is 5.32 Å². The van der Waals surface area contributed by atoms with Gasteiger partial charge in [-0.25, -0.2) is 8.42 Å². The van der Waals surface area contributed by atoms with Crippen molar-refractivity contribution in [2.24, 2.45) is 0 Å². The number of hydrogen-bond donors (Lipinski definition) is 1. The summed E-state index contributed by atoms with van der Waals surface area (Å²) in [5.41, 5.74) is 0. The maximum Gasteiger partial charge on any atom is 0.207 e. The summed E-state index contributed by atoms with van der Waals surface area (Å²) in [6.07, 6.45) is 4.10. The highest BCUT2D eigenvalue weighted by Crippen LogP contribution is 2.21. The predicted molar refractivity (Wildman–Crippen MR) is 60.9 cm³/mol. The van der Waals surface area contributed by atoms with E-state index in [2.05, 4.69) is 10.2 Å². The van der Waals surface area contributed by atoms with Crippen molar-refractivity contribution in [3.8, 4) is 0 Å². The normalized spacial score (nSPS) is 34.8. The van der Waals surface area contributed by atoms with Crippen molar-refractivity contribution in [2.75, 3.05) is 24.6 Å². The molecule has 2 aliphatic heterocycles. The van der Waals surface area contributed by atoms with Gasteiger partial charge in [0.05, 0.1) is 17.5 Å². The molecule has 2 heterocycles. The van der Waals surface area contributed by atoms with E-state index in [-0.39, 0.29) is 23.6 Å². The fourth-order valence-corrected chi connectivity index (χ4v) is 4.65. The van der Waals surface area contributed by atoms with Crippen LogP contribution in [0.2, 0.25) is 0 Å². The molecule has 0 spiro atoms. The molecule has 16 heavy (non-hydrogen) atoms. The molecule has 2 atom stereocenters. The van der Waals surface area contributed by atoms with Crippen molar-refractivity contribution in [3.05, 3.63) is 0 Å². The van der Waals surface area contributed by atoms with Gasteiger partial charge in [0.1, 0.15) is 0 Å². The number of amides is 1.